The average molecular weight is 285 g/mol. The molecule has 1 aromatic heterocycles. The molecule has 0 fully saturated rings. The Labute approximate surface area is 128 Å². The molecule has 0 aliphatic carbocycles. The molecule has 4 rings (SSSR count). The molecule has 0 saturated carbocycles. The topological polar surface area (TPSA) is 28.5 Å². The average Bonchev–Trinajstić information content (AvgIpc) is 2.62. The van der Waals surface area contributed by atoms with Crippen LogP contribution in [0, 0.1) is 0 Å². The maximum absolute atomic E-state index is 4.93. The molecule has 1 aliphatic rings. The Kier molecular flexibility index (Phi) is 3.16. The fourth-order valence-corrected chi connectivity index (χ4v) is 2.71. The molecule has 2 aromatic carbocycles. The second-order valence-electron chi connectivity index (χ2n) is 5.22. The van der Waals surface area contributed by atoms with Crippen molar-refractivity contribution in [2.45, 2.75) is 6.17 Å². The third-order valence-electron chi connectivity index (χ3n) is 3.78. The lowest BCUT2D eigenvalue weighted by atomic mass is 10.1. The Bertz CT molecular complexity index is 812. The van der Waals surface area contributed by atoms with Crippen LogP contribution in [0.1, 0.15) is 11.7 Å². The number of benzene rings is 2. The zero-order valence-corrected chi connectivity index (χ0v) is 12.0. The van der Waals surface area contributed by atoms with Gasteiger partial charge in [0.25, 0.3) is 0 Å². The Morgan fingerprint density at radius 1 is 0.818 bits per heavy atom. The molecular formula is C19H15N3. The van der Waals surface area contributed by atoms with Crippen LogP contribution in [0.15, 0.2) is 84.1 Å². The van der Waals surface area contributed by atoms with Crippen molar-refractivity contribution in [1.82, 2.24) is 4.98 Å². The summed E-state index contributed by atoms with van der Waals surface area (Å²) in [6.07, 6.45) is 5.74. The molecule has 1 aliphatic heterocycles. The van der Waals surface area contributed by atoms with E-state index in [1.807, 2.05) is 42.6 Å². The fraction of sp³-hybridized carbons (Fsp3) is 0.0526. The first-order valence-corrected chi connectivity index (χ1v) is 7.30. The van der Waals surface area contributed by atoms with Crippen molar-refractivity contribution in [3.8, 4) is 0 Å². The van der Waals surface area contributed by atoms with E-state index in [0.717, 1.165) is 21.8 Å². The van der Waals surface area contributed by atoms with Gasteiger partial charge in [0, 0.05) is 35.1 Å². The van der Waals surface area contributed by atoms with Gasteiger partial charge in [0.2, 0.25) is 0 Å². The lowest BCUT2D eigenvalue weighted by Crippen LogP contribution is -2.37. The lowest BCUT2D eigenvalue weighted by molar-refractivity contribution is 0.710. The van der Waals surface area contributed by atoms with E-state index in [2.05, 4.69) is 46.4 Å². The smallest absolute Gasteiger partial charge is 0.153 e. The van der Waals surface area contributed by atoms with Gasteiger partial charge in [0.15, 0.2) is 6.17 Å². The summed E-state index contributed by atoms with van der Waals surface area (Å²) in [5.74, 6) is 0. The zero-order chi connectivity index (χ0) is 14.8. The maximum Gasteiger partial charge on any atom is 0.153 e. The monoisotopic (exact) mass is 285 g/mol. The molecule has 0 N–H and O–H groups in total. The van der Waals surface area contributed by atoms with Crippen LogP contribution < -0.4 is 15.5 Å². The van der Waals surface area contributed by atoms with Crippen molar-refractivity contribution in [3.05, 3.63) is 95.3 Å². The Hall–Kier alpha value is -2.94. The minimum atomic E-state index is -0.0917. The predicted octanol–water partition coefficient (Wildman–Crippen LogP) is 2.66. The Morgan fingerprint density at radius 3 is 2.45 bits per heavy atom. The number of fused-ring (bicyclic) bond motifs is 1. The summed E-state index contributed by atoms with van der Waals surface area (Å²) < 4.78 is 0. The molecule has 0 bridgehead atoms. The number of hydrogen-bond donors (Lipinski definition) is 0. The molecule has 2 heterocycles. The highest BCUT2D eigenvalue weighted by molar-refractivity contribution is 5.61. The fourth-order valence-electron chi connectivity index (χ4n) is 2.71. The molecule has 1 unspecified atom stereocenters. The minimum Gasteiger partial charge on any atom is -0.321 e. The van der Waals surface area contributed by atoms with Crippen LogP contribution in [0.5, 0.6) is 0 Å². The van der Waals surface area contributed by atoms with Crippen molar-refractivity contribution in [3.63, 3.8) is 0 Å². The quantitative estimate of drug-likeness (QED) is 0.724. The van der Waals surface area contributed by atoms with E-state index in [-0.39, 0.29) is 6.17 Å². The van der Waals surface area contributed by atoms with Crippen LogP contribution in [-0.4, -0.2) is 4.98 Å². The van der Waals surface area contributed by atoms with Gasteiger partial charge in [-0.05, 0) is 24.3 Å². The first-order valence-electron chi connectivity index (χ1n) is 7.30. The third kappa shape index (κ3) is 2.27. The molecule has 106 valence electrons. The SMILES string of the molecule is C1=c2ccccc2=NC(c2cccnc2)N1c1ccccc1. The summed E-state index contributed by atoms with van der Waals surface area (Å²) >= 11 is 0. The third-order valence-corrected chi connectivity index (χ3v) is 3.78. The number of rotatable bonds is 2. The predicted molar refractivity (Wildman–Crippen MR) is 87.6 cm³/mol. The first-order chi connectivity index (χ1) is 10.9. The molecule has 1 atom stereocenters. The zero-order valence-electron chi connectivity index (χ0n) is 12.0. The maximum atomic E-state index is 4.93. The summed E-state index contributed by atoms with van der Waals surface area (Å²) in [5.41, 5.74) is 2.20. The summed E-state index contributed by atoms with van der Waals surface area (Å²) in [6, 6.07) is 22.5. The molecule has 0 spiro atoms. The molecule has 22 heavy (non-hydrogen) atoms. The Balaban J connectivity index is 1.92. The molecule has 0 amide bonds. The van der Waals surface area contributed by atoms with Crippen molar-refractivity contribution < 1.29 is 0 Å². The molecular weight excluding hydrogens is 270 g/mol. The normalized spacial score (nSPS) is 16.4. The second-order valence-corrected chi connectivity index (χ2v) is 5.22. The van der Waals surface area contributed by atoms with Gasteiger partial charge in [-0.1, -0.05) is 42.5 Å². The van der Waals surface area contributed by atoms with Gasteiger partial charge in [-0.25, -0.2) is 0 Å². The van der Waals surface area contributed by atoms with Crippen LogP contribution in [0.4, 0.5) is 5.69 Å². The van der Waals surface area contributed by atoms with Crippen molar-refractivity contribution in [1.29, 1.82) is 0 Å². The largest absolute Gasteiger partial charge is 0.321 e. The van der Waals surface area contributed by atoms with Gasteiger partial charge >= 0.3 is 0 Å². The molecule has 3 nitrogen and oxygen atoms in total. The van der Waals surface area contributed by atoms with Crippen LogP contribution in [-0.2, 0) is 0 Å². The number of aromatic nitrogens is 1. The minimum absolute atomic E-state index is 0.0917. The van der Waals surface area contributed by atoms with Crippen molar-refractivity contribution in [2.24, 2.45) is 4.99 Å². The van der Waals surface area contributed by atoms with Crippen LogP contribution in [0.2, 0.25) is 0 Å². The van der Waals surface area contributed by atoms with E-state index in [4.69, 9.17) is 4.99 Å². The molecule has 3 heteroatoms. The number of pyridine rings is 1. The van der Waals surface area contributed by atoms with Crippen LogP contribution in [0.3, 0.4) is 0 Å². The van der Waals surface area contributed by atoms with Gasteiger partial charge in [-0.3, -0.25) is 9.98 Å². The van der Waals surface area contributed by atoms with Gasteiger partial charge in [0.1, 0.15) is 0 Å². The van der Waals surface area contributed by atoms with E-state index < -0.39 is 0 Å². The number of nitrogens with zero attached hydrogens (tertiary/aromatic N) is 3. The van der Waals surface area contributed by atoms with Gasteiger partial charge < -0.3 is 4.90 Å². The number of anilines is 1. The number of hydrogen-bond acceptors (Lipinski definition) is 3. The van der Waals surface area contributed by atoms with E-state index in [1.165, 1.54) is 0 Å². The highest BCUT2D eigenvalue weighted by atomic mass is 15.2. The highest BCUT2D eigenvalue weighted by Crippen LogP contribution is 2.28. The van der Waals surface area contributed by atoms with Crippen LogP contribution in [0.25, 0.3) is 6.20 Å². The van der Waals surface area contributed by atoms with E-state index in [9.17, 15) is 0 Å². The lowest BCUT2D eigenvalue weighted by Gasteiger charge is -2.30. The van der Waals surface area contributed by atoms with Crippen LogP contribution >= 0.6 is 0 Å². The van der Waals surface area contributed by atoms with E-state index >= 15 is 0 Å². The Morgan fingerprint density at radius 2 is 1.64 bits per heavy atom. The standard InChI is InChI=1S/C19H15N3/c1-2-9-17(10-3-1)22-14-16-7-4-5-11-18(16)21-19(22)15-8-6-12-20-13-15/h1-14,19H. The molecule has 0 saturated heterocycles. The van der Waals surface area contributed by atoms with E-state index in [1.54, 1.807) is 6.20 Å². The second kappa shape index (κ2) is 5.45. The summed E-state index contributed by atoms with van der Waals surface area (Å²) in [4.78, 5) is 11.4. The van der Waals surface area contributed by atoms with Gasteiger partial charge in [-0.2, -0.15) is 0 Å². The van der Waals surface area contributed by atoms with Gasteiger partial charge in [-0.15, -0.1) is 0 Å². The molecule has 0 radical (unpaired) electrons. The van der Waals surface area contributed by atoms with Gasteiger partial charge in [0.05, 0.1) is 5.36 Å². The first kappa shape index (κ1) is 12.8. The number of para-hydroxylation sites is 2. The summed E-state index contributed by atoms with van der Waals surface area (Å²) in [6.45, 7) is 0. The summed E-state index contributed by atoms with van der Waals surface area (Å²) in [5, 5.41) is 2.15. The molecule has 3 aromatic rings. The van der Waals surface area contributed by atoms with Crippen molar-refractivity contribution >= 4 is 11.9 Å². The van der Waals surface area contributed by atoms with Crippen molar-refractivity contribution in [2.75, 3.05) is 4.90 Å². The highest BCUT2D eigenvalue weighted by Gasteiger charge is 2.20. The summed E-state index contributed by atoms with van der Waals surface area (Å²) in [7, 11) is 0. The van der Waals surface area contributed by atoms with E-state index in [0.29, 0.717) is 0 Å².